The Labute approximate surface area is 177 Å². The van der Waals surface area contributed by atoms with E-state index in [-0.39, 0.29) is 11.9 Å². The third-order valence-corrected chi connectivity index (χ3v) is 5.34. The molecule has 5 nitrogen and oxygen atoms in total. The van der Waals surface area contributed by atoms with Crippen LogP contribution in [0.1, 0.15) is 57.1 Å². The zero-order valence-corrected chi connectivity index (χ0v) is 17.9. The number of hydrazine groups is 1. The van der Waals surface area contributed by atoms with Gasteiger partial charge in [0.2, 0.25) is 5.91 Å². The molecule has 0 spiro atoms. The summed E-state index contributed by atoms with van der Waals surface area (Å²) in [4.78, 5) is 12.0. The zero-order chi connectivity index (χ0) is 22.0. The van der Waals surface area contributed by atoms with Crippen molar-refractivity contribution in [1.29, 1.82) is 0 Å². The van der Waals surface area contributed by atoms with Gasteiger partial charge in [0.25, 0.3) is 0 Å². The van der Waals surface area contributed by atoms with Crippen molar-refractivity contribution < 1.29 is 22.7 Å². The van der Waals surface area contributed by atoms with Crippen molar-refractivity contribution in [3.8, 4) is 0 Å². The third-order valence-electron chi connectivity index (χ3n) is 5.34. The van der Waals surface area contributed by atoms with Gasteiger partial charge in [-0.05, 0) is 30.4 Å². The van der Waals surface area contributed by atoms with Gasteiger partial charge in [-0.3, -0.25) is 10.2 Å². The molecule has 1 amide bonds. The maximum Gasteiger partial charge on any atom is 0.416 e. The Morgan fingerprint density at radius 1 is 1.17 bits per heavy atom. The van der Waals surface area contributed by atoms with Gasteiger partial charge < -0.3 is 10.1 Å². The van der Waals surface area contributed by atoms with Crippen LogP contribution in [0, 0.1) is 5.92 Å². The minimum Gasteiger partial charge on any atom is -0.379 e. The van der Waals surface area contributed by atoms with Crippen molar-refractivity contribution in [2.24, 2.45) is 5.92 Å². The molecule has 170 valence electrons. The van der Waals surface area contributed by atoms with E-state index in [2.05, 4.69) is 24.6 Å². The molecule has 0 radical (unpaired) electrons. The predicted molar refractivity (Wildman–Crippen MR) is 111 cm³/mol. The summed E-state index contributed by atoms with van der Waals surface area (Å²) in [5, 5.41) is 5.30. The number of rotatable bonds is 11. The fourth-order valence-electron chi connectivity index (χ4n) is 3.51. The Bertz CT molecular complexity index is 647. The Morgan fingerprint density at radius 3 is 2.57 bits per heavy atom. The van der Waals surface area contributed by atoms with Crippen LogP contribution in [-0.2, 0) is 22.3 Å². The second-order valence-electron chi connectivity index (χ2n) is 8.16. The molecule has 1 atom stereocenters. The molecule has 0 aliphatic carbocycles. The van der Waals surface area contributed by atoms with E-state index < -0.39 is 11.7 Å². The molecule has 1 aromatic carbocycles. The van der Waals surface area contributed by atoms with Crippen molar-refractivity contribution in [3.63, 3.8) is 0 Å². The first-order chi connectivity index (χ1) is 14.3. The number of morpholine rings is 1. The van der Waals surface area contributed by atoms with Gasteiger partial charge in [0.15, 0.2) is 0 Å². The Hall–Kier alpha value is -1.64. The first-order valence-corrected chi connectivity index (χ1v) is 10.8. The lowest BCUT2D eigenvalue weighted by Crippen LogP contribution is -2.48. The molecule has 30 heavy (non-hydrogen) atoms. The number of amides is 1. The molecule has 1 unspecified atom stereocenters. The van der Waals surface area contributed by atoms with Gasteiger partial charge in [0, 0.05) is 32.1 Å². The molecular weight excluding hydrogens is 395 g/mol. The normalized spacial score (nSPS) is 16.6. The highest BCUT2D eigenvalue weighted by Crippen LogP contribution is 2.29. The summed E-state index contributed by atoms with van der Waals surface area (Å²) in [6.45, 7) is 7.36. The first-order valence-electron chi connectivity index (χ1n) is 10.8. The van der Waals surface area contributed by atoms with Crippen molar-refractivity contribution >= 4 is 5.91 Å². The quantitative estimate of drug-likeness (QED) is 0.520. The molecule has 0 aromatic heterocycles. The molecule has 1 aliphatic rings. The molecule has 2 N–H and O–H groups in total. The highest BCUT2D eigenvalue weighted by atomic mass is 19.4. The molecule has 2 rings (SSSR count). The Kier molecular flexibility index (Phi) is 10.1. The van der Waals surface area contributed by atoms with Crippen LogP contribution in [0.4, 0.5) is 13.2 Å². The third kappa shape index (κ3) is 9.02. The van der Waals surface area contributed by atoms with Gasteiger partial charge in [0.05, 0.1) is 18.8 Å². The monoisotopic (exact) mass is 429 g/mol. The highest BCUT2D eigenvalue weighted by molar-refractivity contribution is 5.75. The summed E-state index contributed by atoms with van der Waals surface area (Å²) in [5.41, 5.74) is 2.93. The van der Waals surface area contributed by atoms with Gasteiger partial charge in [-0.1, -0.05) is 44.9 Å². The maximum absolute atomic E-state index is 12.9. The Morgan fingerprint density at radius 2 is 1.90 bits per heavy atom. The molecule has 1 aliphatic heterocycles. The molecular formula is C22H34F3N3O2. The topological polar surface area (TPSA) is 53.6 Å². The van der Waals surface area contributed by atoms with Gasteiger partial charge in [-0.15, -0.1) is 0 Å². The SMILES string of the molecule is CC(C)C(CCCCCC(=O)NN1CCOCC1)NCc1cccc(C(F)(F)F)c1. The zero-order valence-electron chi connectivity index (χ0n) is 17.9. The lowest BCUT2D eigenvalue weighted by Gasteiger charge is -2.27. The average molecular weight is 430 g/mol. The van der Waals surface area contributed by atoms with E-state index in [0.717, 1.165) is 44.8 Å². The van der Waals surface area contributed by atoms with E-state index in [0.29, 0.717) is 37.7 Å². The largest absolute Gasteiger partial charge is 0.416 e. The maximum atomic E-state index is 12.9. The van der Waals surface area contributed by atoms with Crippen LogP contribution in [0.25, 0.3) is 0 Å². The molecule has 8 heteroatoms. The van der Waals surface area contributed by atoms with E-state index in [1.807, 2.05) is 5.01 Å². The van der Waals surface area contributed by atoms with E-state index >= 15 is 0 Å². The average Bonchev–Trinajstić information content (AvgIpc) is 2.70. The van der Waals surface area contributed by atoms with Crippen LogP contribution >= 0.6 is 0 Å². The molecule has 0 bridgehead atoms. The number of carbonyl (C=O) groups excluding carboxylic acids is 1. The minimum absolute atomic E-state index is 0.0416. The lowest BCUT2D eigenvalue weighted by atomic mass is 9.97. The molecule has 1 saturated heterocycles. The minimum atomic E-state index is -4.32. The summed E-state index contributed by atoms with van der Waals surface area (Å²) in [6.07, 6.45) is -0.131. The summed E-state index contributed by atoms with van der Waals surface area (Å²) >= 11 is 0. The second kappa shape index (κ2) is 12.3. The number of nitrogens with zero attached hydrogens (tertiary/aromatic N) is 1. The fourth-order valence-corrected chi connectivity index (χ4v) is 3.51. The number of carbonyl (C=O) groups is 1. The second-order valence-corrected chi connectivity index (χ2v) is 8.16. The van der Waals surface area contributed by atoms with Gasteiger partial charge >= 0.3 is 6.18 Å². The van der Waals surface area contributed by atoms with E-state index in [1.165, 1.54) is 12.1 Å². The van der Waals surface area contributed by atoms with Crippen molar-refractivity contribution in [3.05, 3.63) is 35.4 Å². The molecule has 1 fully saturated rings. The number of alkyl halides is 3. The standard InChI is InChI=1S/C22H34F3N3O2/c1-17(2)20(26-16-18-7-6-8-19(15-18)22(23,24)25)9-4-3-5-10-21(29)27-28-11-13-30-14-12-28/h6-8,15,17,20,26H,3-5,9-14,16H2,1-2H3,(H,27,29). The van der Waals surface area contributed by atoms with Crippen LogP contribution in [0.2, 0.25) is 0 Å². The number of benzene rings is 1. The van der Waals surface area contributed by atoms with Gasteiger partial charge in [0.1, 0.15) is 0 Å². The fraction of sp³-hybridized carbons (Fsp3) is 0.682. The van der Waals surface area contributed by atoms with Crippen molar-refractivity contribution in [2.45, 2.75) is 64.7 Å². The van der Waals surface area contributed by atoms with Crippen LogP contribution in [0.15, 0.2) is 24.3 Å². The number of halogens is 3. The van der Waals surface area contributed by atoms with Crippen LogP contribution < -0.4 is 10.7 Å². The highest BCUT2D eigenvalue weighted by Gasteiger charge is 2.30. The van der Waals surface area contributed by atoms with Gasteiger partial charge in [-0.2, -0.15) is 13.2 Å². The lowest BCUT2D eigenvalue weighted by molar-refractivity contribution is -0.137. The molecule has 0 saturated carbocycles. The summed E-state index contributed by atoms with van der Waals surface area (Å²) in [7, 11) is 0. The molecule has 1 heterocycles. The number of nitrogens with one attached hydrogen (secondary N) is 2. The summed E-state index contributed by atoms with van der Waals surface area (Å²) in [6, 6.07) is 5.69. The number of unbranched alkanes of at least 4 members (excludes halogenated alkanes) is 2. The predicted octanol–water partition coefficient (Wildman–Crippen LogP) is 4.13. The smallest absolute Gasteiger partial charge is 0.379 e. The molecule has 1 aromatic rings. The first kappa shape index (κ1) is 24.6. The van der Waals surface area contributed by atoms with E-state index in [9.17, 15) is 18.0 Å². The number of hydrogen-bond acceptors (Lipinski definition) is 4. The number of ether oxygens (including phenoxy) is 1. The van der Waals surface area contributed by atoms with E-state index in [4.69, 9.17) is 4.74 Å². The Balaban J connectivity index is 1.66. The van der Waals surface area contributed by atoms with Gasteiger partial charge in [-0.25, -0.2) is 5.01 Å². The van der Waals surface area contributed by atoms with Crippen LogP contribution in [-0.4, -0.2) is 43.3 Å². The van der Waals surface area contributed by atoms with Crippen LogP contribution in [0.5, 0.6) is 0 Å². The van der Waals surface area contributed by atoms with Crippen molar-refractivity contribution in [2.75, 3.05) is 26.3 Å². The van der Waals surface area contributed by atoms with E-state index in [1.54, 1.807) is 6.07 Å². The van der Waals surface area contributed by atoms with Crippen molar-refractivity contribution in [1.82, 2.24) is 15.8 Å². The summed E-state index contributed by atoms with van der Waals surface area (Å²) in [5.74, 6) is 0.417. The van der Waals surface area contributed by atoms with Crippen LogP contribution in [0.3, 0.4) is 0 Å². The summed E-state index contributed by atoms with van der Waals surface area (Å²) < 4.78 is 43.9. The number of hydrogen-bond donors (Lipinski definition) is 2.